The first kappa shape index (κ1) is 12.4. The van der Waals surface area contributed by atoms with Crippen LogP contribution in [0.3, 0.4) is 0 Å². The second-order valence-corrected chi connectivity index (χ2v) is 2.28. The molecule has 0 saturated heterocycles. The van der Waals surface area contributed by atoms with Crippen molar-refractivity contribution in [2.75, 3.05) is 0 Å². The number of rotatable bonds is 2. The molecule has 0 aliphatic rings. The molecule has 9 heavy (non-hydrogen) atoms. The molecule has 52 valence electrons. The fraction of sp³-hybridized carbons (Fsp3) is 1.00. The number of hydrogen-bond acceptors (Lipinski definition) is 3. The molecule has 0 aromatic carbocycles. The zero-order valence-electron chi connectivity index (χ0n) is 5.34. The SMILES string of the molecule is O=S(=O)(OF)C(F)F.[H-].[Na+]. The summed E-state index contributed by atoms with van der Waals surface area (Å²) >= 11 is 0. The molecule has 0 aromatic rings. The molecule has 0 N–H and O–H groups in total. The van der Waals surface area contributed by atoms with Gasteiger partial charge in [-0.15, -0.1) is 0 Å². The molecule has 0 aliphatic heterocycles. The predicted molar refractivity (Wildman–Crippen MR) is 18.2 cm³/mol. The molecule has 0 amide bonds. The standard InChI is InChI=1S/CHF3O3S.Na.H/c2-1(3)8(5,6)7-4;;/h1H;;/q;+1;-1. The van der Waals surface area contributed by atoms with Crippen molar-refractivity contribution >= 4 is 10.1 Å². The summed E-state index contributed by atoms with van der Waals surface area (Å²) in [6.07, 6.45) is 0. The maximum absolute atomic E-state index is 10.9. The van der Waals surface area contributed by atoms with Crippen molar-refractivity contribution in [2.24, 2.45) is 0 Å². The fourth-order valence-corrected chi connectivity index (χ4v) is 0.0825. The first-order chi connectivity index (χ1) is 3.50. The molecule has 0 rings (SSSR count). The minimum absolute atomic E-state index is 0. The van der Waals surface area contributed by atoms with Crippen molar-refractivity contribution in [2.45, 2.75) is 5.76 Å². The summed E-state index contributed by atoms with van der Waals surface area (Å²) in [5, 5.41) is 0. The molecule has 0 aliphatic carbocycles. The van der Waals surface area contributed by atoms with Crippen LogP contribution in [0.15, 0.2) is 0 Å². The molecular weight excluding hydrogens is 172 g/mol. The molecule has 0 saturated carbocycles. The smallest absolute Gasteiger partial charge is 1.00 e. The molecule has 0 heterocycles. The van der Waals surface area contributed by atoms with E-state index in [9.17, 15) is 21.7 Å². The second-order valence-electron chi connectivity index (χ2n) is 0.816. The van der Waals surface area contributed by atoms with Gasteiger partial charge in [-0.3, -0.25) is 0 Å². The van der Waals surface area contributed by atoms with E-state index in [1.807, 2.05) is 4.39 Å². The van der Waals surface area contributed by atoms with Crippen molar-refractivity contribution in [3.63, 3.8) is 0 Å². The fourth-order valence-electron chi connectivity index (χ4n) is 0.0275. The first-order valence-corrected chi connectivity index (χ1v) is 2.80. The maximum atomic E-state index is 10.9. The van der Waals surface area contributed by atoms with Crippen molar-refractivity contribution in [1.82, 2.24) is 0 Å². The van der Waals surface area contributed by atoms with E-state index in [2.05, 4.69) is 0 Å². The van der Waals surface area contributed by atoms with Crippen molar-refractivity contribution in [1.29, 1.82) is 0 Å². The summed E-state index contributed by atoms with van der Waals surface area (Å²) < 4.78 is 52.8. The van der Waals surface area contributed by atoms with Gasteiger partial charge in [0.2, 0.25) is 0 Å². The van der Waals surface area contributed by atoms with Gasteiger partial charge in [0.15, 0.2) is 0 Å². The Balaban J connectivity index is -0.000000245. The van der Waals surface area contributed by atoms with Crippen LogP contribution in [0.4, 0.5) is 13.3 Å². The monoisotopic (exact) mass is 174 g/mol. The van der Waals surface area contributed by atoms with Gasteiger partial charge < -0.3 is 1.43 Å². The van der Waals surface area contributed by atoms with Crippen LogP contribution in [0.1, 0.15) is 1.43 Å². The van der Waals surface area contributed by atoms with Gasteiger partial charge in [-0.2, -0.15) is 17.2 Å². The number of halogens is 3. The Morgan fingerprint density at radius 2 is 1.78 bits per heavy atom. The zero-order valence-corrected chi connectivity index (χ0v) is 7.16. The average Bonchev–Trinajstić information content (AvgIpc) is 1.67. The van der Waals surface area contributed by atoms with Crippen LogP contribution in [0.25, 0.3) is 0 Å². The molecule has 0 radical (unpaired) electrons. The Bertz CT molecular complexity index is 157. The predicted octanol–water partition coefficient (Wildman–Crippen LogP) is -2.44. The first-order valence-electron chi connectivity index (χ1n) is 1.33. The maximum Gasteiger partial charge on any atom is 1.00 e. The van der Waals surface area contributed by atoms with Gasteiger partial charge in [0.05, 0.1) is 0 Å². The van der Waals surface area contributed by atoms with Gasteiger partial charge in [-0.25, -0.2) is 0 Å². The van der Waals surface area contributed by atoms with Gasteiger partial charge >= 0.3 is 45.4 Å². The molecule has 0 fully saturated rings. The largest absolute Gasteiger partial charge is 1.00 e. The molecule has 0 atom stereocenters. The van der Waals surface area contributed by atoms with Crippen LogP contribution in [0.2, 0.25) is 0 Å². The number of hydrogen-bond donors (Lipinski definition) is 0. The Kier molecular flexibility index (Phi) is 6.20. The molecular formula is CH2F3NaO3S. The molecule has 0 aromatic heterocycles. The van der Waals surface area contributed by atoms with Crippen LogP contribution in [0, 0.1) is 0 Å². The quantitative estimate of drug-likeness (QED) is 0.437. The van der Waals surface area contributed by atoms with Crippen LogP contribution >= 0.6 is 0 Å². The van der Waals surface area contributed by atoms with Gasteiger partial charge in [-0.05, 0) is 4.53 Å². The third-order valence-electron chi connectivity index (χ3n) is 0.306. The average molecular weight is 174 g/mol. The Hall–Kier alpha value is 0.700. The van der Waals surface area contributed by atoms with Crippen LogP contribution in [0.5, 0.6) is 0 Å². The normalized spacial score (nSPS) is 11.1. The van der Waals surface area contributed by atoms with E-state index in [0.29, 0.717) is 0 Å². The topological polar surface area (TPSA) is 43.4 Å². The van der Waals surface area contributed by atoms with E-state index in [0.717, 1.165) is 0 Å². The van der Waals surface area contributed by atoms with Crippen molar-refractivity contribution in [3.05, 3.63) is 0 Å². The van der Waals surface area contributed by atoms with Gasteiger partial charge in [0.1, 0.15) is 0 Å². The van der Waals surface area contributed by atoms with Crippen LogP contribution < -0.4 is 29.6 Å². The molecule has 0 spiro atoms. The summed E-state index contributed by atoms with van der Waals surface area (Å²) in [5.74, 6) is -3.81. The summed E-state index contributed by atoms with van der Waals surface area (Å²) in [4.78, 5) is 0. The third kappa shape index (κ3) is 4.15. The van der Waals surface area contributed by atoms with Gasteiger partial charge in [0, 0.05) is 0 Å². The Labute approximate surface area is 73.0 Å². The molecule has 3 nitrogen and oxygen atoms in total. The molecule has 0 bridgehead atoms. The van der Waals surface area contributed by atoms with Crippen LogP contribution in [-0.4, -0.2) is 14.2 Å². The third-order valence-corrected chi connectivity index (χ3v) is 0.918. The minimum atomic E-state index is -5.24. The van der Waals surface area contributed by atoms with Crippen LogP contribution in [-0.2, 0) is 14.5 Å². The van der Waals surface area contributed by atoms with E-state index in [1.54, 1.807) is 0 Å². The Morgan fingerprint density at radius 3 is 1.78 bits per heavy atom. The van der Waals surface area contributed by atoms with Crippen molar-refractivity contribution in [3.8, 4) is 0 Å². The summed E-state index contributed by atoms with van der Waals surface area (Å²) in [6.45, 7) is 0. The zero-order chi connectivity index (χ0) is 6.78. The summed E-state index contributed by atoms with van der Waals surface area (Å²) in [5.41, 5.74) is 0. The van der Waals surface area contributed by atoms with Gasteiger partial charge in [0.25, 0.3) is 0 Å². The molecule has 0 unspecified atom stereocenters. The van der Waals surface area contributed by atoms with E-state index >= 15 is 0 Å². The van der Waals surface area contributed by atoms with Gasteiger partial charge in [-0.1, -0.05) is 4.39 Å². The van der Waals surface area contributed by atoms with E-state index in [4.69, 9.17) is 0 Å². The minimum Gasteiger partial charge on any atom is -1.00 e. The molecule has 8 heteroatoms. The second kappa shape index (κ2) is 4.51. The van der Waals surface area contributed by atoms with E-state index < -0.39 is 15.9 Å². The van der Waals surface area contributed by atoms with E-state index in [1.165, 1.54) is 0 Å². The van der Waals surface area contributed by atoms with Crippen molar-refractivity contribution < 1.29 is 57.1 Å². The van der Waals surface area contributed by atoms with E-state index in [-0.39, 0.29) is 31.0 Å². The summed E-state index contributed by atoms with van der Waals surface area (Å²) in [6, 6.07) is 0. The summed E-state index contributed by atoms with van der Waals surface area (Å²) in [7, 11) is -5.24. The number of alkyl halides is 2. The Morgan fingerprint density at radius 1 is 1.44 bits per heavy atom.